The van der Waals surface area contributed by atoms with Crippen LogP contribution in [-0.4, -0.2) is 10.7 Å². The molecule has 1 N–H and O–H groups in total. The molecule has 3 aliphatic rings. The zero-order valence-corrected chi connectivity index (χ0v) is 18.9. The van der Waals surface area contributed by atoms with Crippen LogP contribution < -0.4 is 4.73 Å². The Bertz CT molecular complexity index is 1080. The number of rotatable bonds is 3. The summed E-state index contributed by atoms with van der Waals surface area (Å²) in [6.07, 6.45) is 8.79. The van der Waals surface area contributed by atoms with Gasteiger partial charge in [0.05, 0.1) is 11.2 Å². The highest BCUT2D eigenvalue weighted by Crippen LogP contribution is 2.66. The number of nitriles is 1. The van der Waals surface area contributed by atoms with E-state index in [4.69, 9.17) is 0 Å². The highest BCUT2D eigenvalue weighted by atomic mass is 19.1. The first-order valence-corrected chi connectivity index (χ1v) is 11.9. The zero-order valence-electron chi connectivity index (χ0n) is 18.9. The van der Waals surface area contributed by atoms with Gasteiger partial charge in [0.25, 0.3) is 0 Å². The molecule has 168 valence electrons. The molecule has 1 aromatic heterocycles. The van der Waals surface area contributed by atoms with E-state index in [2.05, 4.69) is 13.8 Å². The molecule has 6 atom stereocenters. The molecule has 0 saturated heterocycles. The summed E-state index contributed by atoms with van der Waals surface area (Å²) < 4.78 is 15.8. The number of fused-ring (bicyclic) bond motifs is 5. The molecule has 5 rings (SSSR count). The van der Waals surface area contributed by atoms with Crippen LogP contribution in [0.3, 0.4) is 0 Å². The summed E-state index contributed by atoms with van der Waals surface area (Å²) in [5, 5.41) is 32.7. The first-order chi connectivity index (χ1) is 15.3. The fourth-order valence-electron chi connectivity index (χ4n) is 7.70. The fraction of sp³-hybridized carbons (Fsp3) is 0.556. The molecule has 5 heteroatoms. The highest BCUT2D eigenvalue weighted by molar-refractivity contribution is 5.44. The molecule has 0 aliphatic heterocycles. The SMILES string of the molecule is CC[C@H]1C[C@@]2(C)C(CC[C@@]2(O)Cc2cc[n+]([O-])cc2)C2CCc3c(ccc(C#N)c3F)C21. The lowest BCUT2D eigenvalue weighted by Gasteiger charge is -2.56. The number of aromatic nitrogens is 1. The maximum Gasteiger partial charge on any atom is 0.180 e. The van der Waals surface area contributed by atoms with Crippen molar-refractivity contribution >= 4 is 0 Å². The topological polar surface area (TPSA) is 71.0 Å². The second kappa shape index (κ2) is 7.56. The van der Waals surface area contributed by atoms with Crippen molar-refractivity contribution in [3.63, 3.8) is 0 Å². The Hall–Kier alpha value is -2.45. The molecule has 2 fully saturated rings. The van der Waals surface area contributed by atoms with Crippen molar-refractivity contribution in [1.29, 1.82) is 5.26 Å². The van der Waals surface area contributed by atoms with Crippen LogP contribution in [0.5, 0.6) is 0 Å². The van der Waals surface area contributed by atoms with Crippen molar-refractivity contribution in [2.45, 2.75) is 70.3 Å². The minimum atomic E-state index is -0.804. The lowest BCUT2D eigenvalue weighted by Crippen LogP contribution is -2.54. The number of hydrogen-bond acceptors (Lipinski definition) is 3. The van der Waals surface area contributed by atoms with E-state index in [0.29, 0.717) is 36.5 Å². The van der Waals surface area contributed by atoms with Crippen LogP contribution in [0.15, 0.2) is 36.7 Å². The molecule has 1 aromatic carbocycles. The Kier molecular flexibility index (Phi) is 5.05. The van der Waals surface area contributed by atoms with Gasteiger partial charge in [0.2, 0.25) is 0 Å². The van der Waals surface area contributed by atoms with Gasteiger partial charge < -0.3 is 10.3 Å². The first-order valence-electron chi connectivity index (χ1n) is 11.9. The summed E-state index contributed by atoms with van der Waals surface area (Å²) in [5.74, 6) is 1.15. The van der Waals surface area contributed by atoms with E-state index in [1.54, 1.807) is 6.07 Å². The number of benzene rings is 1. The normalized spacial score (nSPS) is 35.5. The third-order valence-corrected chi connectivity index (χ3v) is 9.30. The van der Waals surface area contributed by atoms with E-state index < -0.39 is 5.60 Å². The van der Waals surface area contributed by atoms with Gasteiger partial charge in [-0.1, -0.05) is 26.3 Å². The summed E-state index contributed by atoms with van der Waals surface area (Å²) in [6.45, 7) is 4.48. The maximum absolute atomic E-state index is 15.0. The van der Waals surface area contributed by atoms with E-state index in [9.17, 15) is 20.0 Å². The van der Waals surface area contributed by atoms with Gasteiger partial charge in [-0.2, -0.15) is 9.99 Å². The molecule has 32 heavy (non-hydrogen) atoms. The lowest BCUT2D eigenvalue weighted by molar-refractivity contribution is -0.605. The summed E-state index contributed by atoms with van der Waals surface area (Å²) >= 11 is 0. The van der Waals surface area contributed by atoms with E-state index in [1.807, 2.05) is 24.3 Å². The smallest absolute Gasteiger partial charge is 0.180 e. The third kappa shape index (κ3) is 2.99. The summed E-state index contributed by atoms with van der Waals surface area (Å²) in [4.78, 5) is 0. The van der Waals surface area contributed by atoms with Crippen LogP contribution in [-0.2, 0) is 12.8 Å². The minimum Gasteiger partial charge on any atom is -0.619 e. The minimum absolute atomic E-state index is 0.147. The number of aliphatic hydroxyl groups is 1. The summed E-state index contributed by atoms with van der Waals surface area (Å²) in [6, 6.07) is 9.28. The van der Waals surface area contributed by atoms with Gasteiger partial charge in [-0.25, -0.2) is 4.39 Å². The van der Waals surface area contributed by atoms with Crippen molar-refractivity contribution in [2.75, 3.05) is 0 Å². The maximum atomic E-state index is 15.0. The molecular formula is C27H31FN2O2. The molecule has 2 saturated carbocycles. The molecule has 4 nitrogen and oxygen atoms in total. The molecule has 0 spiro atoms. The Labute approximate surface area is 189 Å². The van der Waals surface area contributed by atoms with Gasteiger partial charge in [-0.3, -0.25) is 0 Å². The van der Waals surface area contributed by atoms with Crippen LogP contribution >= 0.6 is 0 Å². The predicted molar refractivity (Wildman–Crippen MR) is 119 cm³/mol. The highest BCUT2D eigenvalue weighted by Gasteiger charge is 2.63. The van der Waals surface area contributed by atoms with Gasteiger partial charge in [0.1, 0.15) is 11.9 Å². The quantitative estimate of drug-likeness (QED) is 0.557. The van der Waals surface area contributed by atoms with Crippen LogP contribution in [0.4, 0.5) is 4.39 Å². The second-order valence-corrected chi connectivity index (χ2v) is 10.5. The van der Waals surface area contributed by atoms with Crippen LogP contribution in [0, 0.1) is 45.5 Å². The summed E-state index contributed by atoms with van der Waals surface area (Å²) in [5.41, 5.74) is 1.98. The molecule has 3 unspecified atom stereocenters. The van der Waals surface area contributed by atoms with Crippen LogP contribution in [0.1, 0.15) is 74.1 Å². The molecule has 3 aliphatic carbocycles. The number of halogens is 1. The van der Waals surface area contributed by atoms with Crippen molar-refractivity contribution in [3.05, 3.63) is 69.9 Å². The van der Waals surface area contributed by atoms with Gasteiger partial charge >= 0.3 is 0 Å². The number of hydrogen-bond donors (Lipinski definition) is 1. The zero-order chi connectivity index (χ0) is 22.7. The van der Waals surface area contributed by atoms with Gasteiger partial charge in [-0.15, -0.1) is 0 Å². The van der Waals surface area contributed by atoms with E-state index >= 15 is 0 Å². The number of pyridine rings is 1. The molecule has 0 bridgehead atoms. The van der Waals surface area contributed by atoms with E-state index in [1.165, 1.54) is 12.4 Å². The fourth-order valence-corrected chi connectivity index (χ4v) is 7.70. The van der Waals surface area contributed by atoms with Gasteiger partial charge in [-0.05, 0) is 78.5 Å². The van der Waals surface area contributed by atoms with Gasteiger partial charge in [0.15, 0.2) is 12.4 Å². The van der Waals surface area contributed by atoms with Crippen LogP contribution in [0.25, 0.3) is 0 Å². The molecule has 0 radical (unpaired) electrons. The van der Waals surface area contributed by atoms with Crippen molar-refractivity contribution < 1.29 is 14.2 Å². The van der Waals surface area contributed by atoms with Crippen molar-refractivity contribution in [3.8, 4) is 6.07 Å². The van der Waals surface area contributed by atoms with Gasteiger partial charge in [0, 0.05) is 24.0 Å². The Morgan fingerprint density at radius 3 is 2.69 bits per heavy atom. The van der Waals surface area contributed by atoms with E-state index in [0.717, 1.165) is 53.5 Å². The second-order valence-electron chi connectivity index (χ2n) is 10.5. The first kappa shape index (κ1) is 21.4. The summed E-state index contributed by atoms with van der Waals surface area (Å²) in [7, 11) is 0. The Balaban J connectivity index is 1.51. The van der Waals surface area contributed by atoms with Crippen LogP contribution in [0.2, 0.25) is 0 Å². The Morgan fingerprint density at radius 2 is 2.00 bits per heavy atom. The number of nitrogens with zero attached hydrogens (tertiary/aromatic N) is 2. The lowest BCUT2D eigenvalue weighted by atomic mass is 9.49. The van der Waals surface area contributed by atoms with Crippen molar-refractivity contribution in [1.82, 2.24) is 0 Å². The average Bonchev–Trinajstić information content (AvgIpc) is 3.05. The third-order valence-electron chi connectivity index (χ3n) is 9.30. The molecule has 2 aromatic rings. The molecule has 1 heterocycles. The Morgan fingerprint density at radius 1 is 1.25 bits per heavy atom. The van der Waals surface area contributed by atoms with E-state index in [-0.39, 0.29) is 16.8 Å². The predicted octanol–water partition coefficient (Wildman–Crippen LogP) is 4.80. The monoisotopic (exact) mass is 434 g/mol. The molecular weight excluding hydrogens is 403 g/mol. The standard InChI is InChI=1S/C27H31FN2O2/c1-3-18-15-26(2)23(8-11-27(26,31)14-17-9-12-30(32)13-10-17)22-7-6-21-20(24(18)22)5-4-19(16-29)25(21)28/h4-5,9-10,12-13,18,22-24,31H,3,6-8,11,14-15H2,1-2H3/t18-,22?,23?,24?,26-,27+/m0/s1. The average molecular weight is 435 g/mol. The largest absolute Gasteiger partial charge is 0.619 e. The molecule has 0 amide bonds. The van der Waals surface area contributed by atoms with Crippen molar-refractivity contribution in [2.24, 2.45) is 23.2 Å².